The van der Waals surface area contributed by atoms with Crippen LogP contribution < -0.4 is 9.64 Å². The van der Waals surface area contributed by atoms with Crippen LogP contribution in [0.25, 0.3) is 11.4 Å². The minimum Gasteiger partial charge on any atom is -0.497 e. The van der Waals surface area contributed by atoms with Crippen molar-refractivity contribution in [3.63, 3.8) is 0 Å². The predicted octanol–water partition coefficient (Wildman–Crippen LogP) is 3.27. The highest BCUT2D eigenvalue weighted by atomic mass is 16.5. The summed E-state index contributed by atoms with van der Waals surface area (Å²) in [5.41, 5.74) is 1.74. The van der Waals surface area contributed by atoms with Gasteiger partial charge in [0, 0.05) is 24.2 Å². The Bertz CT molecular complexity index is 874. The molecule has 126 valence electrons. The van der Waals surface area contributed by atoms with Gasteiger partial charge in [-0.3, -0.25) is 4.79 Å². The second kappa shape index (κ2) is 6.39. The van der Waals surface area contributed by atoms with Crippen LogP contribution in [0, 0.1) is 0 Å². The third kappa shape index (κ3) is 2.98. The fourth-order valence-corrected chi connectivity index (χ4v) is 2.99. The fourth-order valence-electron chi connectivity index (χ4n) is 2.99. The van der Waals surface area contributed by atoms with Crippen molar-refractivity contribution < 1.29 is 14.1 Å². The Morgan fingerprint density at radius 1 is 1.12 bits per heavy atom. The zero-order chi connectivity index (χ0) is 17.2. The molecule has 0 bridgehead atoms. The average molecular weight is 335 g/mol. The summed E-state index contributed by atoms with van der Waals surface area (Å²) in [6.45, 7) is 0.549. The lowest BCUT2D eigenvalue weighted by Gasteiger charge is -2.15. The van der Waals surface area contributed by atoms with Gasteiger partial charge in [0.25, 0.3) is 0 Å². The lowest BCUT2D eigenvalue weighted by Crippen LogP contribution is -2.24. The molecule has 6 nitrogen and oxygen atoms in total. The summed E-state index contributed by atoms with van der Waals surface area (Å²) >= 11 is 0. The van der Waals surface area contributed by atoms with Crippen molar-refractivity contribution in [2.75, 3.05) is 18.6 Å². The van der Waals surface area contributed by atoms with E-state index in [9.17, 15) is 4.79 Å². The molecule has 1 aliphatic rings. The van der Waals surface area contributed by atoms with Crippen molar-refractivity contribution in [2.45, 2.75) is 12.3 Å². The normalized spacial score (nSPS) is 17.1. The molecule has 1 saturated heterocycles. The Balaban J connectivity index is 1.53. The van der Waals surface area contributed by atoms with Gasteiger partial charge >= 0.3 is 0 Å². The first-order chi connectivity index (χ1) is 12.2. The molecule has 4 rings (SSSR count). The molecular weight excluding hydrogens is 318 g/mol. The van der Waals surface area contributed by atoms with Crippen LogP contribution in [-0.4, -0.2) is 29.7 Å². The summed E-state index contributed by atoms with van der Waals surface area (Å²) in [6.07, 6.45) is 0.374. The number of para-hydroxylation sites is 1. The molecule has 0 N–H and O–H groups in total. The van der Waals surface area contributed by atoms with Crippen LogP contribution in [0.5, 0.6) is 5.75 Å². The fraction of sp³-hybridized carbons (Fsp3) is 0.211. The molecule has 1 atom stereocenters. The van der Waals surface area contributed by atoms with Gasteiger partial charge in [-0.25, -0.2) is 0 Å². The van der Waals surface area contributed by atoms with E-state index in [1.165, 1.54) is 0 Å². The quantitative estimate of drug-likeness (QED) is 0.732. The number of methoxy groups -OCH3 is 1. The zero-order valence-corrected chi connectivity index (χ0v) is 13.8. The van der Waals surface area contributed by atoms with Crippen molar-refractivity contribution in [2.24, 2.45) is 0 Å². The van der Waals surface area contributed by atoms with Crippen LogP contribution in [0.15, 0.2) is 59.1 Å². The molecular formula is C19H17N3O3. The molecule has 2 heterocycles. The number of rotatable bonds is 4. The Labute approximate surface area is 145 Å². The molecule has 0 saturated carbocycles. The SMILES string of the molecule is COc1ccc(-c2noc([C@@H]3CC(=O)N(c4ccccc4)C3)n2)cc1. The van der Waals surface area contributed by atoms with Crippen molar-refractivity contribution in [1.29, 1.82) is 0 Å². The maximum Gasteiger partial charge on any atom is 0.232 e. The van der Waals surface area contributed by atoms with Gasteiger partial charge in [0.1, 0.15) is 5.75 Å². The van der Waals surface area contributed by atoms with Gasteiger partial charge in [0.15, 0.2) is 0 Å². The van der Waals surface area contributed by atoms with Crippen molar-refractivity contribution in [3.05, 3.63) is 60.5 Å². The van der Waals surface area contributed by atoms with E-state index in [0.29, 0.717) is 24.7 Å². The number of anilines is 1. The van der Waals surface area contributed by atoms with E-state index in [1.54, 1.807) is 12.0 Å². The second-order valence-electron chi connectivity index (χ2n) is 5.93. The predicted molar refractivity (Wildman–Crippen MR) is 92.4 cm³/mol. The van der Waals surface area contributed by atoms with Gasteiger partial charge in [-0.1, -0.05) is 23.4 Å². The van der Waals surface area contributed by atoms with Crippen molar-refractivity contribution in [1.82, 2.24) is 10.1 Å². The average Bonchev–Trinajstić information content (AvgIpc) is 3.29. The van der Waals surface area contributed by atoms with E-state index in [4.69, 9.17) is 9.26 Å². The monoisotopic (exact) mass is 335 g/mol. The van der Waals surface area contributed by atoms with Crippen LogP contribution in [0.1, 0.15) is 18.2 Å². The van der Waals surface area contributed by atoms with Gasteiger partial charge in [-0.15, -0.1) is 0 Å². The Morgan fingerprint density at radius 3 is 2.60 bits per heavy atom. The van der Waals surface area contributed by atoms with E-state index in [1.807, 2.05) is 54.6 Å². The maximum absolute atomic E-state index is 12.3. The molecule has 0 aliphatic carbocycles. The van der Waals surface area contributed by atoms with E-state index in [2.05, 4.69) is 10.1 Å². The molecule has 1 fully saturated rings. The molecule has 1 aliphatic heterocycles. The Morgan fingerprint density at radius 2 is 1.88 bits per heavy atom. The molecule has 3 aromatic rings. The molecule has 0 radical (unpaired) electrons. The topological polar surface area (TPSA) is 68.5 Å². The van der Waals surface area contributed by atoms with Crippen molar-refractivity contribution in [3.8, 4) is 17.1 Å². The number of ether oxygens (including phenoxy) is 1. The van der Waals surface area contributed by atoms with E-state index in [-0.39, 0.29) is 11.8 Å². The third-order valence-corrected chi connectivity index (χ3v) is 4.33. The van der Waals surface area contributed by atoms with Gasteiger partial charge in [-0.05, 0) is 36.4 Å². The first-order valence-electron chi connectivity index (χ1n) is 8.08. The molecule has 6 heteroatoms. The van der Waals surface area contributed by atoms with Gasteiger partial charge in [-0.2, -0.15) is 4.98 Å². The van der Waals surface area contributed by atoms with Gasteiger partial charge < -0.3 is 14.2 Å². The van der Waals surface area contributed by atoms with Crippen LogP contribution in [0.2, 0.25) is 0 Å². The minimum atomic E-state index is -0.0906. The number of hydrogen-bond acceptors (Lipinski definition) is 5. The Hall–Kier alpha value is -3.15. The highest BCUT2D eigenvalue weighted by molar-refractivity contribution is 5.96. The smallest absolute Gasteiger partial charge is 0.232 e. The van der Waals surface area contributed by atoms with E-state index < -0.39 is 0 Å². The number of aromatic nitrogens is 2. The van der Waals surface area contributed by atoms with Crippen LogP contribution >= 0.6 is 0 Å². The summed E-state index contributed by atoms with van der Waals surface area (Å²) < 4.78 is 10.6. The Kier molecular flexibility index (Phi) is 3.93. The summed E-state index contributed by atoms with van der Waals surface area (Å²) in [4.78, 5) is 18.6. The number of amides is 1. The summed E-state index contributed by atoms with van der Waals surface area (Å²) in [6, 6.07) is 17.1. The molecule has 1 aromatic heterocycles. The van der Waals surface area contributed by atoms with Gasteiger partial charge in [0.05, 0.1) is 13.0 Å². The van der Waals surface area contributed by atoms with Crippen LogP contribution in [0.4, 0.5) is 5.69 Å². The molecule has 1 amide bonds. The minimum absolute atomic E-state index is 0.0698. The number of carbonyl (C=O) groups excluding carboxylic acids is 1. The maximum atomic E-state index is 12.3. The highest BCUT2D eigenvalue weighted by Crippen LogP contribution is 2.32. The molecule has 25 heavy (non-hydrogen) atoms. The van der Waals surface area contributed by atoms with Gasteiger partial charge in [0.2, 0.25) is 17.6 Å². The summed E-state index contributed by atoms with van der Waals surface area (Å²) in [5, 5.41) is 4.05. The van der Waals surface area contributed by atoms with Crippen molar-refractivity contribution >= 4 is 11.6 Å². The number of hydrogen-bond donors (Lipinski definition) is 0. The lowest BCUT2D eigenvalue weighted by atomic mass is 10.1. The molecule has 0 spiro atoms. The summed E-state index contributed by atoms with van der Waals surface area (Å²) in [7, 11) is 1.62. The first-order valence-corrected chi connectivity index (χ1v) is 8.08. The molecule has 2 aromatic carbocycles. The highest BCUT2D eigenvalue weighted by Gasteiger charge is 2.35. The van der Waals surface area contributed by atoms with Crippen LogP contribution in [0.3, 0.4) is 0 Å². The standard InChI is InChI=1S/C19H17N3O3/c1-24-16-9-7-13(8-10-16)18-20-19(25-21-18)14-11-17(23)22(12-14)15-5-3-2-4-6-15/h2-10,14H,11-12H2,1H3/t14-/m1/s1. The lowest BCUT2D eigenvalue weighted by molar-refractivity contribution is -0.117. The van der Waals surface area contributed by atoms with Crippen LogP contribution in [-0.2, 0) is 4.79 Å². The zero-order valence-electron chi connectivity index (χ0n) is 13.8. The number of nitrogens with zero attached hydrogens (tertiary/aromatic N) is 3. The second-order valence-corrected chi connectivity index (χ2v) is 5.93. The first kappa shape index (κ1) is 15.4. The van der Waals surface area contributed by atoms with E-state index >= 15 is 0 Å². The third-order valence-electron chi connectivity index (χ3n) is 4.33. The largest absolute Gasteiger partial charge is 0.497 e. The molecule has 0 unspecified atom stereocenters. The summed E-state index contributed by atoms with van der Waals surface area (Å²) in [5.74, 6) is 1.76. The number of carbonyl (C=O) groups is 1. The van der Waals surface area contributed by atoms with E-state index in [0.717, 1.165) is 17.0 Å². The number of benzene rings is 2.